The molecular weight excluding hydrogens is 420 g/mol. The van der Waals surface area contributed by atoms with Crippen molar-refractivity contribution in [2.45, 2.75) is 19.4 Å². The number of rotatable bonds is 5. The van der Waals surface area contributed by atoms with E-state index in [2.05, 4.69) is 4.98 Å². The molecule has 0 spiro atoms. The van der Waals surface area contributed by atoms with Gasteiger partial charge in [-0.25, -0.2) is 18.2 Å². The summed E-state index contributed by atoms with van der Waals surface area (Å²) < 4.78 is 34.2. The van der Waals surface area contributed by atoms with E-state index < -0.39 is 34.4 Å². The predicted molar refractivity (Wildman–Crippen MR) is 114 cm³/mol. The third-order valence-electron chi connectivity index (χ3n) is 5.41. The van der Waals surface area contributed by atoms with Crippen molar-refractivity contribution >= 4 is 32.6 Å². The zero-order valence-electron chi connectivity index (χ0n) is 17.2. The molecule has 1 saturated heterocycles. The van der Waals surface area contributed by atoms with E-state index in [1.165, 1.54) is 11.9 Å². The number of pyridine rings is 1. The van der Waals surface area contributed by atoms with Crippen LogP contribution < -0.4 is 0 Å². The molecule has 1 aliphatic heterocycles. The number of amides is 1. The second kappa shape index (κ2) is 8.14. The molecule has 1 amide bonds. The largest absolute Gasteiger partial charge is 0.460 e. The van der Waals surface area contributed by atoms with E-state index in [0.717, 1.165) is 5.76 Å². The number of hydrogen-bond donors (Lipinski definition) is 0. The molecule has 2 aromatic heterocycles. The second-order valence-corrected chi connectivity index (χ2v) is 9.85. The van der Waals surface area contributed by atoms with E-state index >= 15 is 0 Å². The first kappa shape index (κ1) is 21.0. The van der Waals surface area contributed by atoms with Crippen LogP contribution in [0.1, 0.15) is 22.5 Å². The Kier molecular flexibility index (Phi) is 5.53. The molecule has 0 saturated carbocycles. The van der Waals surface area contributed by atoms with Crippen LogP contribution in [0, 0.1) is 6.92 Å². The standard InChI is InChI=1S/C22H22N2O6S/c1-14-7-8-20(30-14)19-11-17(16-5-3-4-6-18(16)23-19)22(26)29-12-21(25)24(2)15-9-10-31(27,28)13-15/h3-8,11,15H,9-10,12-13H2,1-2H3/t15-/m0/s1. The predicted octanol–water partition coefficient (Wildman–Crippen LogP) is 2.61. The molecule has 0 radical (unpaired) electrons. The highest BCUT2D eigenvalue weighted by Crippen LogP contribution is 2.27. The van der Waals surface area contributed by atoms with Crippen molar-refractivity contribution in [3.8, 4) is 11.5 Å². The fraction of sp³-hybridized carbons (Fsp3) is 0.318. The SMILES string of the molecule is Cc1ccc(-c2cc(C(=O)OCC(=O)N(C)[C@H]3CCS(=O)(=O)C3)c3ccccc3n2)o1. The molecule has 0 bridgehead atoms. The van der Waals surface area contributed by atoms with Gasteiger partial charge in [-0.3, -0.25) is 4.79 Å². The maximum Gasteiger partial charge on any atom is 0.339 e. The molecule has 0 unspecified atom stereocenters. The number of aromatic nitrogens is 1. The summed E-state index contributed by atoms with van der Waals surface area (Å²) in [6, 6.07) is 11.9. The number of carbonyl (C=O) groups excluding carboxylic acids is 2. The highest BCUT2D eigenvalue weighted by Gasteiger charge is 2.33. The lowest BCUT2D eigenvalue weighted by Crippen LogP contribution is -2.40. The van der Waals surface area contributed by atoms with Crippen LogP contribution in [-0.4, -0.2) is 61.4 Å². The van der Waals surface area contributed by atoms with Crippen molar-refractivity contribution in [3.05, 3.63) is 53.8 Å². The van der Waals surface area contributed by atoms with E-state index in [4.69, 9.17) is 9.15 Å². The molecule has 3 heterocycles. The zero-order chi connectivity index (χ0) is 22.2. The molecule has 4 rings (SSSR count). The van der Waals surface area contributed by atoms with Crippen molar-refractivity contribution in [1.82, 2.24) is 9.88 Å². The molecule has 3 aromatic rings. The van der Waals surface area contributed by atoms with Crippen LogP contribution in [-0.2, 0) is 19.4 Å². The molecule has 31 heavy (non-hydrogen) atoms. The second-order valence-electron chi connectivity index (χ2n) is 7.62. The minimum absolute atomic E-state index is 0.0626. The summed E-state index contributed by atoms with van der Waals surface area (Å²) in [5.74, 6) is 0.129. The number of sulfone groups is 1. The van der Waals surface area contributed by atoms with Crippen molar-refractivity contribution in [3.63, 3.8) is 0 Å². The van der Waals surface area contributed by atoms with Crippen LogP contribution in [0.5, 0.6) is 0 Å². The molecule has 1 aromatic carbocycles. The average molecular weight is 442 g/mol. The Morgan fingerprint density at radius 3 is 2.68 bits per heavy atom. The first-order valence-corrected chi connectivity index (χ1v) is 11.7. The number of carbonyl (C=O) groups is 2. The third kappa shape index (κ3) is 4.46. The van der Waals surface area contributed by atoms with Gasteiger partial charge in [-0.15, -0.1) is 0 Å². The van der Waals surface area contributed by atoms with Gasteiger partial charge >= 0.3 is 5.97 Å². The molecule has 1 atom stereocenters. The van der Waals surface area contributed by atoms with Crippen molar-refractivity contribution in [1.29, 1.82) is 0 Å². The van der Waals surface area contributed by atoms with E-state index in [1.807, 2.05) is 19.1 Å². The number of benzene rings is 1. The van der Waals surface area contributed by atoms with Crippen molar-refractivity contribution in [2.75, 3.05) is 25.2 Å². The van der Waals surface area contributed by atoms with Gasteiger partial charge in [0.1, 0.15) is 11.5 Å². The zero-order valence-corrected chi connectivity index (χ0v) is 18.0. The number of furan rings is 1. The lowest BCUT2D eigenvalue weighted by molar-refractivity contribution is -0.134. The van der Waals surface area contributed by atoms with E-state index in [0.29, 0.717) is 28.8 Å². The lowest BCUT2D eigenvalue weighted by Gasteiger charge is -2.23. The minimum Gasteiger partial charge on any atom is -0.460 e. The maximum atomic E-state index is 12.9. The lowest BCUT2D eigenvalue weighted by atomic mass is 10.1. The topological polar surface area (TPSA) is 107 Å². The average Bonchev–Trinajstić information content (AvgIpc) is 3.35. The first-order valence-electron chi connectivity index (χ1n) is 9.83. The van der Waals surface area contributed by atoms with Gasteiger partial charge < -0.3 is 14.1 Å². The fourth-order valence-corrected chi connectivity index (χ4v) is 5.41. The van der Waals surface area contributed by atoms with Gasteiger partial charge in [-0.2, -0.15) is 0 Å². The summed E-state index contributed by atoms with van der Waals surface area (Å²) in [5, 5.41) is 0.599. The monoisotopic (exact) mass is 442 g/mol. The van der Waals surface area contributed by atoms with Crippen LogP contribution in [0.25, 0.3) is 22.4 Å². The van der Waals surface area contributed by atoms with Crippen molar-refractivity contribution < 1.29 is 27.2 Å². The Morgan fingerprint density at radius 1 is 1.23 bits per heavy atom. The van der Waals surface area contributed by atoms with E-state index in [-0.39, 0.29) is 17.1 Å². The maximum absolute atomic E-state index is 12.9. The molecule has 162 valence electrons. The smallest absolute Gasteiger partial charge is 0.339 e. The Morgan fingerprint density at radius 2 is 2.00 bits per heavy atom. The molecular formula is C22H22N2O6S. The van der Waals surface area contributed by atoms with E-state index in [9.17, 15) is 18.0 Å². The van der Waals surface area contributed by atoms with Gasteiger partial charge in [0.05, 0.1) is 22.6 Å². The number of hydrogen-bond acceptors (Lipinski definition) is 7. The molecule has 9 heteroatoms. The Bertz CT molecular complexity index is 1260. The Hall–Kier alpha value is -3.20. The number of nitrogens with zero attached hydrogens (tertiary/aromatic N) is 2. The third-order valence-corrected chi connectivity index (χ3v) is 7.16. The molecule has 0 N–H and O–H groups in total. The molecule has 1 aliphatic rings. The van der Waals surface area contributed by atoms with Crippen LogP contribution in [0.3, 0.4) is 0 Å². The van der Waals surface area contributed by atoms with Gasteiger partial charge in [-0.05, 0) is 37.6 Å². The van der Waals surface area contributed by atoms with Crippen LogP contribution >= 0.6 is 0 Å². The molecule has 8 nitrogen and oxygen atoms in total. The van der Waals surface area contributed by atoms with Crippen LogP contribution in [0.4, 0.5) is 0 Å². The molecule has 0 aliphatic carbocycles. The van der Waals surface area contributed by atoms with Gasteiger partial charge in [0.2, 0.25) is 0 Å². The Balaban J connectivity index is 1.54. The minimum atomic E-state index is -3.12. The summed E-state index contributed by atoms with van der Waals surface area (Å²) in [4.78, 5) is 31.2. The summed E-state index contributed by atoms with van der Waals surface area (Å²) >= 11 is 0. The van der Waals surface area contributed by atoms with E-state index in [1.54, 1.807) is 30.3 Å². The van der Waals surface area contributed by atoms with Gasteiger partial charge in [-0.1, -0.05) is 18.2 Å². The number of para-hydroxylation sites is 1. The number of ether oxygens (including phenoxy) is 1. The number of aryl methyl sites for hydroxylation is 1. The summed E-state index contributed by atoms with van der Waals surface area (Å²) in [6.45, 7) is 1.34. The van der Waals surface area contributed by atoms with Gasteiger partial charge in [0.15, 0.2) is 22.2 Å². The number of esters is 1. The summed E-state index contributed by atoms with van der Waals surface area (Å²) in [5.41, 5.74) is 1.35. The summed E-state index contributed by atoms with van der Waals surface area (Å²) in [6.07, 6.45) is 0.388. The Labute approximate surface area is 179 Å². The summed E-state index contributed by atoms with van der Waals surface area (Å²) in [7, 11) is -1.59. The van der Waals surface area contributed by atoms with Crippen molar-refractivity contribution in [2.24, 2.45) is 0 Å². The normalized spacial score (nSPS) is 17.5. The number of fused-ring (bicyclic) bond motifs is 1. The highest BCUT2D eigenvalue weighted by molar-refractivity contribution is 7.91. The molecule has 1 fully saturated rings. The van der Waals surface area contributed by atoms with Gasteiger partial charge in [0.25, 0.3) is 5.91 Å². The van der Waals surface area contributed by atoms with Crippen LogP contribution in [0.2, 0.25) is 0 Å². The van der Waals surface area contributed by atoms with Crippen LogP contribution in [0.15, 0.2) is 46.9 Å². The quantitative estimate of drug-likeness (QED) is 0.559. The fourth-order valence-electron chi connectivity index (χ4n) is 3.63. The first-order chi connectivity index (χ1) is 14.7. The highest BCUT2D eigenvalue weighted by atomic mass is 32.2. The number of likely N-dealkylation sites (N-methyl/N-ethyl adjacent to an activating group) is 1. The van der Waals surface area contributed by atoms with Gasteiger partial charge in [0, 0.05) is 18.5 Å².